The van der Waals surface area contributed by atoms with Crippen LogP contribution in [0.25, 0.3) is 38.7 Å². The Morgan fingerprint density at radius 3 is 2.34 bits per heavy atom. The monoisotopic (exact) mass is 773 g/mol. The molecule has 44 heavy (non-hydrogen) atoms. The number of nitro groups is 1. The van der Waals surface area contributed by atoms with Crippen molar-refractivity contribution in [2.75, 3.05) is 0 Å². The zero-order valence-corrected chi connectivity index (χ0v) is 26.0. The summed E-state index contributed by atoms with van der Waals surface area (Å²) in [4.78, 5) is 39.0. The standard InChI is InChI=1S/C22H13NO5.C9H5ClINO.Cu.2H2O/c24-20(11-7-14-5-9-16(10-6-14)23(26)27)19-13-18-17-4-2-1-3-15(17)8-12-21(18)28-22(19)25;10-6-4-7(11)9(13)8-5(6)2-1-3-12-8;;;/h1-13H;1-4,13H;;2*1H2/q;;+2;;/p-2/b11-7+;;;;. The molecule has 0 aliphatic carbocycles. The van der Waals surface area contributed by atoms with Crippen LogP contribution in [0, 0.1) is 13.7 Å². The van der Waals surface area contributed by atoms with Crippen molar-refractivity contribution in [3.8, 4) is 5.75 Å². The summed E-state index contributed by atoms with van der Waals surface area (Å²) >= 11 is 7.91. The fourth-order valence-corrected chi connectivity index (χ4v) is 5.17. The number of aromatic nitrogens is 1. The van der Waals surface area contributed by atoms with Crippen LogP contribution in [0.5, 0.6) is 5.75 Å². The summed E-state index contributed by atoms with van der Waals surface area (Å²) in [6.45, 7) is 0. The first kappa shape index (κ1) is 36.0. The van der Waals surface area contributed by atoms with E-state index in [-0.39, 0.29) is 45.0 Å². The molecule has 0 aliphatic rings. The molecule has 1 radical (unpaired) electrons. The molecule has 10 nitrogen and oxygen atoms in total. The average molecular weight is 774 g/mol. The second kappa shape index (κ2) is 15.5. The Morgan fingerprint density at radius 2 is 1.64 bits per heavy atom. The van der Waals surface area contributed by atoms with E-state index in [0.717, 1.165) is 16.2 Å². The minimum absolute atomic E-state index is 0. The number of halogens is 2. The molecule has 6 rings (SSSR count). The van der Waals surface area contributed by atoms with Gasteiger partial charge in [-0.2, -0.15) is 0 Å². The van der Waals surface area contributed by atoms with Gasteiger partial charge in [-0.3, -0.25) is 19.9 Å². The van der Waals surface area contributed by atoms with E-state index in [0.29, 0.717) is 30.6 Å². The van der Waals surface area contributed by atoms with Crippen LogP contribution in [0.2, 0.25) is 5.02 Å². The number of carbonyl (C=O) groups excluding carboxylic acids is 1. The molecule has 0 saturated heterocycles. The van der Waals surface area contributed by atoms with Crippen LogP contribution < -0.4 is 10.7 Å². The first-order valence-corrected chi connectivity index (χ1v) is 13.5. The number of nitro benzene ring substituents is 1. The molecule has 2 aromatic heterocycles. The van der Waals surface area contributed by atoms with Crippen LogP contribution in [0.3, 0.4) is 0 Å². The van der Waals surface area contributed by atoms with Crippen LogP contribution in [-0.2, 0) is 17.1 Å². The van der Waals surface area contributed by atoms with Gasteiger partial charge in [-0.1, -0.05) is 53.8 Å². The smallest absolute Gasteiger partial charge is 0.870 e. The molecule has 6 aromatic rings. The second-order valence-electron chi connectivity index (χ2n) is 8.76. The fraction of sp³-hybridized carbons (Fsp3) is 0. The van der Waals surface area contributed by atoms with Gasteiger partial charge < -0.3 is 20.5 Å². The van der Waals surface area contributed by atoms with Gasteiger partial charge in [0.1, 0.15) is 11.1 Å². The molecule has 2 heterocycles. The number of hydrogen-bond acceptors (Lipinski definition) is 8. The predicted molar refractivity (Wildman–Crippen MR) is 171 cm³/mol. The summed E-state index contributed by atoms with van der Waals surface area (Å²) in [5, 5.41) is 26.1. The van der Waals surface area contributed by atoms with Gasteiger partial charge in [0.25, 0.3) is 5.69 Å². The molecule has 0 saturated carbocycles. The van der Waals surface area contributed by atoms with Crippen molar-refractivity contribution in [1.82, 2.24) is 4.98 Å². The topological polar surface area (TPSA) is 188 Å². The third-order valence-electron chi connectivity index (χ3n) is 6.19. The van der Waals surface area contributed by atoms with Crippen LogP contribution in [0.4, 0.5) is 5.69 Å². The third-order valence-corrected chi connectivity index (χ3v) is 7.30. The molecule has 0 atom stereocenters. The Hall–Kier alpha value is -4.17. The molecule has 3 N–H and O–H groups in total. The molecule has 0 unspecified atom stereocenters. The van der Waals surface area contributed by atoms with Gasteiger partial charge in [0.05, 0.1) is 15.5 Å². The van der Waals surface area contributed by atoms with E-state index in [4.69, 9.17) is 16.0 Å². The summed E-state index contributed by atoms with van der Waals surface area (Å²) in [5.41, 5.74) is 0.655. The summed E-state index contributed by atoms with van der Waals surface area (Å²) in [6.07, 6.45) is 4.35. The second-order valence-corrected chi connectivity index (χ2v) is 10.3. The van der Waals surface area contributed by atoms with Crippen LogP contribution >= 0.6 is 34.2 Å². The molecule has 13 heteroatoms. The maximum Gasteiger partial charge on any atom is 2.00 e. The minimum atomic E-state index is -0.707. The van der Waals surface area contributed by atoms with E-state index >= 15 is 0 Å². The average Bonchev–Trinajstić information content (AvgIpc) is 2.99. The van der Waals surface area contributed by atoms with Gasteiger partial charge >= 0.3 is 22.7 Å². The summed E-state index contributed by atoms with van der Waals surface area (Å²) < 4.78 is 5.94. The van der Waals surface area contributed by atoms with E-state index in [1.165, 1.54) is 36.4 Å². The van der Waals surface area contributed by atoms with Crippen LogP contribution in [-0.4, -0.2) is 26.6 Å². The van der Waals surface area contributed by atoms with Crippen molar-refractivity contribution in [2.45, 2.75) is 0 Å². The van der Waals surface area contributed by atoms with Crippen molar-refractivity contribution >= 4 is 84.4 Å². The summed E-state index contributed by atoms with van der Waals surface area (Å²) in [6, 6.07) is 23.7. The quantitative estimate of drug-likeness (QED) is 0.0291. The van der Waals surface area contributed by atoms with Crippen molar-refractivity contribution in [3.05, 3.63) is 137 Å². The number of allylic oxidation sites excluding steroid dienone is 1. The number of nitrogens with zero attached hydrogens (tertiary/aromatic N) is 2. The predicted octanol–water partition coefficient (Wildman–Crippen LogP) is 6.31. The van der Waals surface area contributed by atoms with E-state index in [9.17, 15) is 24.8 Å². The SMILES string of the molecule is O.O=C(/C=C/c1ccc([N+](=O)[O-])cc1)c1cc2c(ccc3ccccc32)oc1=O.[Cu+2].[O-]c1c(I)cc(Cl)c2cccnc12.[OH-]. The Labute approximate surface area is 278 Å². The van der Waals surface area contributed by atoms with Crippen LogP contribution in [0.15, 0.2) is 106 Å². The molecular formula is C31H20ClCuIN2O8. The zero-order valence-electron chi connectivity index (χ0n) is 22.2. The van der Waals surface area contributed by atoms with Gasteiger partial charge in [0, 0.05) is 32.7 Å². The van der Waals surface area contributed by atoms with E-state index < -0.39 is 16.3 Å². The van der Waals surface area contributed by atoms with E-state index in [1.54, 1.807) is 36.5 Å². The fourth-order valence-electron chi connectivity index (χ4n) is 4.16. The van der Waals surface area contributed by atoms with Crippen molar-refractivity contribution < 1.29 is 47.3 Å². The molecule has 227 valence electrons. The van der Waals surface area contributed by atoms with Gasteiger partial charge in [0.15, 0.2) is 5.78 Å². The van der Waals surface area contributed by atoms with Gasteiger partial charge in [-0.25, -0.2) is 4.79 Å². The number of hydrogen-bond donors (Lipinski definition) is 0. The Kier molecular flexibility index (Phi) is 12.7. The number of rotatable bonds is 4. The Morgan fingerprint density at radius 1 is 0.955 bits per heavy atom. The van der Waals surface area contributed by atoms with Crippen molar-refractivity contribution in [1.29, 1.82) is 0 Å². The first-order valence-electron chi connectivity index (χ1n) is 12.0. The molecular weight excluding hydrogens is 754 g/mol. The van der Waals surface area contributed by atoms with Crippen LogP contribution in [0.1, 0.15) is 15.9 Å². The van der Waals surface area contributed by atoms with Gasteiger partial charge in [-0.05, 0) is 87.5 Å². The number of non-ortho nitro benzene ring substituents is 1. The summed E-state index contributed by atoms with van der Waals surface area (Å²) in [5.74, 6) is -0.553. The zero-order chi connectivity index (χ0) is 29.1. The van der Waals surface area contributed by atoms with Gasteiger partial charge in [-0.15, -0.1) is 0 Å². The number of pyridine rings is 1. The molecule has 0 spiro atoms. The maximum atomic E-state index is 12.5. The summed E-state index contributed by atoms with van der Waals surface area (Å²) in [7, 11) is 0. The van der Waals surface area contributed by atoms with E-state index in [1.807, 2.05) is 52.9 Å². The number of carbonyl (C=O) groups is 1. The molecule has 4 aromatic carbocycles. The Bertz CT molecular complexity index is 2070. The molecule has 0 amide bonds. The molecule has 0 aliphatic heterocycles. The van der Waals surface area contributed by atoms with E-state index in [2.05, 4.69) is 4.98 Å². The first-order chi connectivity index (χ1) is 19.7. The molecule has 0 fully saturated rings. The molecule has 0 bridgehead atoms. The number of benzene rings is 4. The normalized spacial score (nSPS) is 10.3. The minimum Gasteiger partial charge on any atom is -0.870 e. The largest absolute Gasteiger partial charge is 2.00 e. The number of ketones is 1. The van der Waals surface area contributed by atoms with Crippen molar-refractivity contribution in [2.24, 2.45) is 0 Å². The Balaban J connectivity index is 0.000000358. The third kappa shape index (κ3) is 7.66. The number of fused-ring (bicyclic) bond motifs is 4. The van der Waals surface area contributed by atoms with Gasteiger partial charge in [0.2, 0.25) is 0 Å². The maximum absolute atomic E-state index is 12.5. The van der Waals surface area contributed by atoms with Crippen molar-refractivity contribution in [3.63, 3.8) is 0 Å².